The van der Waals surface area contributed by atoms with E-state index in [1.165, 1.54) is 33.5 Å². The zero-order valence-electron chi connectivity index (χ0n) is 16.0. The topological polar surface area (TPSA) is 92.9 Å². The minimum absolute atomic E-state index is 0.194. The molecule has 1 aromatic heterocycles. The molecule has 0 aliphatic heterocycles. The number of nitrogens with zero attached hydrogens (tertiary/aromatic N) is 2. The molecular formula is C20H20N2O6. The normalized spacial score (nSPS) is 11.6. The van der Waals surface area contributed by atoms with Gasteiger partial charge in [0, 0.05) is 5.56 Å². The second-order valence-electron chi connectivity index (χ2n) is 5.77. The highest BCUT2D eigenvalue weighted by atomic mass is 16.6. The Bertz CT molecular complexity index is 929. The number of carbonyl (C=O) groups excluding carboxylic acids is 1. The third-order valence-corrected chi connectivity index (χ3v) is 3.99. The van der Waals surface area contributed by atoms with E-state index in [0.717, 1.165) is 5.56 Å². The van der Waals surface area contributed by atoms with E-state index in [4.69, 9.17) is 23.4 Å². The molecule has 146 valence electrons. The van der Waals surface area contributed by atoms with Crippen molar-refractivity contribution in [2.45, 2.75) is 13.0 Å². The Balaban J connectivity index is 1.79. The van der Waals surface area contributed by atoms with E-state index in [1.54, 1.807) is 6.92 Å². The van der Waals surface area contributed by atoms with Crippen molar-refractivity contribution in [2.75, 3.05) is 21.3 Å². The lowest BCUT2D eigenvalue weighted by atomic mass is 10.2. The molecule has 0 bridgehead atoms. The van der Waals surface area contributed by atoms with Gasteiger partial charge in [-0.15, -0.1) is 10.2 Å². The molecule has 0 N–H and O–H groups in total. The molecule has 2 aromatic carbocycles. The van der Waals surface area contributed by atoms with Gasteiger partial charge < -0.3 is 23.4 Å². The molecule has 0 unspecified atom stereocenters. The Hall–Kier alpha value is -3.55. The van der Waals surface area contributed by atoms with Gasteiger partial charge >= 0.3 is 5.97 Å². The molecule has 1 heterocycles. The van der Waals surface area contributed by atoms with E-state index in [2.05, 4.69) is 10.2 Å². The number of hydrogen-bond donors (Lipinski definition) is 0. The van der Waals surface area contributed by atoms with E-state index < -0.39 is 12.1 Å². The largest absolute Gasteiger partial charge is 0.493 e. The van der Waals surface area contributed by atoms with E-state index in [1.807, 2.05) is 30.3 Å². The van der Waals surface area contributed by atoms with Crippen molar-refractivity contribution in [3.63, 3.8) is 0 Å². The fraction of sp³-hybridized carbons (Fsp3) is 0.250. The zero-order chi connectivity index (χ0) is 20.1. The predicted molar refractivity (Wildman–Crippen MR) is 99.7 cm³/mol. The van der Waals surface area contributed by atoms with Crippen LogP contribution in [0.4, 0.5) is 0 Å². The van der Waals surface area contributed by atoms with Gasteiger partial charge in [0.05, 0.1) is 26.9 Å². The molecule has 0 radical (unpaired) electrons. The summed E-state index contributed by atoms with van der Waals surface area (Å²) in [4.78, 5) is 12.6. The SMILES string of the molecule is COc1cc(C(=O)O[C@H](C)c2nnc(-c3ccccc3)o2)cc(OC)c1OC. The summed E-state index contributed by atoms with van der Waals surface area (Å²) in [6.07, 6.45) is -0.739. The Morgan fingerprint density at radius 1 is 0.964 bits per heavy atom. The smallest absolute Gasteiger partial charge is 0.339 e. The van der Waals surface area contributed by atoms with Gasteiger partial charge in [-0.05, 0) is 31.2 Å². The third-order valence-electron chi connectivity index (χ3n) is 3.99. The number of benzene rings is 2. The minimum atomic E-state index is -0.739. The van der Waals surface area contributed by atoms with Crippen LogP contribution in [0, 0.1) is 0 Å². The van der Waals surface area contributed by atoms with E-state index in [0.29, 0.717) is 23.1 Å². The van der Waals surface area contributed by atoms with Crippen molar-refractivity contribution in [2.24, 2.45) is 0 Å². The van der Waals surface area contributed by atoms with Gasteiger partial charge in [0.25, 0.3) is 5.89 Å². The fourth-order valence-electron chi connectivity index (χ4n) is 2.57. The van der Waals surface area contributed by atoms with Crippen molar-refractivity contribution in [3.8, 4) is 28.7 Å². The van der Waals surface area contributed by atoms with Crippen molar-refractivity contribution < 1.29 is 28.2 Å². The monoisotopic (exact) mass is 384 g/mol. The number of hydrogen-bond acceptors (Lipinski definition) is 8. The summed E-state index contributed by atoms with van der Waals surface area (Å²) >= 11 is 0. The fourth-order valence-corrected chi connectivity index (χ4v) is 2.57. The number of rotatable bonds is 7. The van der Waals surface area contributed by atoms with Crippen molar-refractivity contribution in [3.05, 3.63) is 53.9 Å². The Morgan fingerprint density at radius 2 is 1.61 bits per heavy atom. The first-order valence-electron chi connectivity index (χ1n) is 8.47. The summed E-state index contributed by atoms with van der Waals surface area (Å²) in [5.41, 5.74) is 1.02. The second kappa shape index (κ2) is 8.43. The maximum absolute atomic E-state index is 12.6. The summed E-state index contributed by atoms with van der Waals surface area (Å²) in [7, 11) is 4.43. The van der Waals surface area contributed by atoms with E-state index in [-0.39, 0.29) is 11.5 Å². The highest BCUT2D eigenvalue weighted by Crippen LogP contribution is 2.38. The molecule has 8 nitrogen and oxygen atoms in total. The molecule has 28 heavy (non-hydrogen) atoms. The predicted octanol–water partition coefficient (Wildman–Crippen LogP) is 3.68. The minimum Gasteiger partial charge on any atom is -0.493 e. The molecule has 3 aromatic rings. The molecule has 0 aliphatic carbocycles. The van der Waals surface area contributed by atoms with Crippen molar-refractivity contribution >= 4 is 5.97 Å². The molecule has 0 spiro atoms. The maximum Gasteiger partial charge on any atom is 0.339 e. The number of methoxy groups -OCH3 is 3. The number of esters is 1. The molecule has 8 heteroatoms. The highest BCUT2D eigenvalue weighted by Gasteiger charge is 2.23. The van der Waals surface area contributed by atoms with Gasteiger partial charge in [0.15, 0.2) is 17.6 Å². The molecule has 0 amide bonds. The van der Waals surface area contributed by atoms with Crippen LogP contribution < -0.4 is 14.2 Å². The van der Waals surface area contributed by atoms with Crippen molar-refractivity contribution in [1.29, 1.82) is 0 Å². The maximum atomic E-state index is 12.6. The van der Waals surface area contributed by atoms with E-state index >= 15 is 0 Å². The van der Waals surface area contributed by atoms with Gasteiger partial charge in [-0.2, -0.15) is 0 Å². The van der Waals surface area contributed by atoms with Crippen LogP contribution in [0.5, 0.6) is 17.2 Å². The lowest BCUT2D eigenvalue weighted by molar-refractivity contribution is 0.0279. The van der Waals surface area contributed by atoms with Crippen LogP contribution in [0.15, 0.2) is 46.9 Å². The molecule has 3 rings (SSSR count). The summed E-state index contributed by atoms with van der Waals surface area (Å²) in [5, 5.41) is 7.97. The van der Waals surface area contributed by atoms with Gasteiger partial charge in [0.1, 0.15) is 0 Å². The third kappa shape index (κ3) is 3.90. The summed E-state index contributed by atoms with van der Waals surface area (Å²) in [5.74, 6) is 1.05. The van der Waals surface area contributed by atoms with Gasteiger partial charge in [-0.3, -0.25) is 0 Å². The second-order valence-corrected chi connectivity index (χ2v) is 5.77. The molecule has 0 saturated heterocycles. The average Bonchev–Trinajstić information content (AvgIpc) is 3.23. The van der Waals surface area contributed by atoms with Crippen LogP contribution in [0.25, 0.3) is 11.5 Å². The van der Waals surface area contributed by atoms with Gasteiger partial charge in [0.2, 0.25) is 11.6 Å². The van der Waals surface area contributed by atoms with Gasteiger partial charge in [-0.25, -0.2) is 4.79 Å². The average molecular weight is 384 g/mol. The quantitative estimate of drug-likeness (QED) is 0.570. The first-order valence-corrected chi connectivity index (χ1v) is 8.47. The highest BCUT2D eigenvalue weighted by molar-refractivity contribution is 5.91. The van der Waals surface area contributed by atoms with E-state index in [9.17, 15) is 4.79 Å². The number of aromatic nitrogens is 2. The molecular weight excluding hydrogens is 364 g/mol. The van der Waals surface area contributed by atoms with Crippen LogP contribution in [0.2, 0.25) is 0 Å². The lowest BCUT2D eigenvalue weighted by Crippen LogP contribution is -2.10. The number of carbonyl (C=O) groups is 1. The van der Waals surface area contributed by atoms with Crippen LogP contribution in [-0.4, -0.2) is 37.5 Å². The summed E-state index contributed by atoms with van der Waals surface area (Å²) in [6.45, 7) is 1.65. The number of ether oxygens (including phenoxy) is 4. The first-order chi connectivity index (χ1) is 13.6. The van der Waals surface area contributed by atoms with Crippen LogP contribution in [0.1, 0.15) is 29.3 Å². The van der Waals surface area contributed by atoms with Crippen LogP contribution in [-0.2, 0) is 4.74 Å². The summed E-state index contributed by atoms with van der Waals surface area (Å²) < 4.78 is 26.9. The van der Waals surface area contributed by atoms with Crippen molar-refractivity contribution in [1.82, 2.24) is 10.2 Å². The van der Waals surface area contributed by atoms with Gasteiger partial charge in [-0.1, -0.05) is 18.2 Å². The Labute approximate surface area is 162 Å². The zero-order valence-corrected chi connectivity index (χ0v) is 16.0. The molecule has 0 aliphatic rings. The lowest BCUT2D eigenvalue weighted by Gasteiger charge is -2.14. The summed E-state index contributed by atoms with van der Waals surface area (Å²) in [6, 6.07) is 12.4. The molecule has 0 saturated carbocycles. The standard InChI is InChI=1S/C20H20N2O6/c1-12(18-21-22-19(28-18)13-8-6-5-7-9-13)27-20(23)14-10-15(24-2)17(26-4)16(11-14)25-3/h5-12H,1-4H3/t12-/m1/s1. The Morgan fingerprint density at radius 3 is 2.18 bits per heavy atom. The molecule has 1 atom stereocenters. The van der Waals surface area contributed by atoms with Crippen LogP contribution in [0.3, 0.4) is 0 Å². The Kier molecular flexibility index (Phi) is 5.78. The first kappa shape index (κ1) is 19.2. The molecule has 0 fully saturated rings. The van der Waals surface area contributed by atoms with Crippen LogP contribution >= 0.6 is 0 Å².